The standard InChI is InChI=1S/C30H29ClFN5O4S2/c1-3-27(40-10-11-43(38,39)4-2)30-37-26(17-42-30)24-14-22-25(15-33-24)34-18-35-29(22)36-21-8-9-28(23(31)13-21)41-16-19-6-5-7-20(32)12-19/h5-9,12-15,17-18,27H,3-4,10-11,16H2,1-2H3,(H,34,35,36). The molecule has 43 heavy (non-hydrogen) atoms. The second-order valence-corrected chi connectivity index (χ2v) is 13.3. The molecule has 0 saturated heterocycles. The van der Waals surface area contributed by atoms with Crippen molar-refractivity contribution in [3.8, 4) is 17.1 Å². The lowest BCUT2D eigenvalue weighted by Gasteiger charge is -2.13. The Kier molecular flexibility index (Phi) is 9.81. The van der Waals surface area contributed by atoms with Gasteiger partial charge in [-0.1, -0.05) is 37.6 Å². The number of ether oxygens (including phenoxy) is 2. The first-order valence-corrected chi connectivity index (χ1v) is 16.6. The van der Waals surface area contributed by atoms with Crippen molar-refractivity contribution in [2.24, 2.45) is 0 Å². The number of pyridine rings is 1. The fraction of sp³-hybridized carbons (Fsp3) is 0.267. The van der Waals surface area contributed by atoms with Gasteiger partial charge in [-0.25, -0.2) is 27.8 Å². The molecule has 5 aromatic rings. The maximum Gasteiger partial charge on any atom is 0.152 e. The summed E-state index contributed by atoms with van der Waals surface area (Å²) >= 11 is 7.93. The Balaban J connectivity index is 1.31. The molecule has 0 amide bonds. The second kappa shape index (κ2) is 13.7. The minimum Gasteiger partial charge on any atom is -0.487 e. The number of nitrogens with zero attached hydrogens (tertiary/aromatic N) is 4. The van der Waals surface area contributed by atoms with Crippen molar-refractivity contribution in [3.63, 3.8) is 0 Å². The zero-order valence-corrected chi connectivity index (χ0v) is 25.8. The van der Waals surface area contributed by atoms with Crippen LogP contribution in [0, 0.1) is 5.82 Å². The molecule has 0 fully saturated rings. The molecule has 9 nitrogen and oxygen atoms in total. The summed E-state index contributed by atoms with van der Waals surface area (Å²) in [6.07, 6.45) is 3.46. The van der Waals surface area contributed by atoms with Crippen LogP contribution >= 0.6 is 22.9 Å². The third-order valence-corrected chi connectivity index (χ3v) is 9.48. The van der Waals surface area contributed by atoms with Crippen molar-refractivity contribution in [3.05, 3.63) is 87.8 Å². The summed E-state index contributed by atoms with van der Waals surface area (Å²) in [5, 5.41) is 7.07. The van der Waals surface area contributed by atoms with Crippen LogP contribution in [0.4, 0.5) is 15.9 Å². The van der Waals surface area contributed by atoms with Gasteiger partial charge < -0.3 is 14.8 Å². The van der Waals surface area contributed by atoms with E-state index in [1.807, 2.05) is 24.4 Å². The first-order valence-electron chi connectivity index (χ1n) is 13.6. The third kappa shape index (κ3) is 7.82. The summed E-state index contributed by atoms with van der Waals surface area (Å²) in [5.74, 6) is 0.773. The number of thiazole rings is 1. The highest BCUT2D eigenvalue weighted by Crippen LogP contribution is 2.33. The van der Waals surface area contributed by atoms with E-state index in [1.54, 1.807) is 37.4 Å². The molecule has 1 atom stereocenters. The van der Waals surface area contributed by atoms with Crippen molar-refractivity contribution in [2.75, 3.05) is 23.4 Å². The van der Waals surface area contributed by atoms with Crippen molar-refractivity contribution >= 4 is 55.2 Å². The van der Waals surface area contributed by atoms with Gasteiger partial charge in [0.2, 0.25) is 0 Å². The van der Waals surface area contributed by atoms with Gasteiger partial charge in [0.15, 0.2) is 9.84 Å². The maximum atomic E-state index is 13.5. The molecule has 1 unspecified atom stereocenters. The molecule has 224 valence electrons. The molecule has 0 bridgehead atoms. The Morgan fingerprint density at radius 3 is 2.70 bits per heavy atom. The quantitative estimate of drug-likeness (QED) is 0.143. The van der Waals surface area contributed by atoms with Crippen molar-refractivity contribution in [2.45, 2.75) is 33.0 Å². The highest BCUT2D eigenvalue weighted by Gasteiger charge is 2.18. The van der Waals surface area contributed by atoms with Gasteiger partial charge >= 0.3 is 0 Å². The number of aromatic nitrogens is 4. The highest BCUT2D eigenvalue weighted by atomic mass is 35.5. The summed E-state index contributed by atoms with van der Waals surface area (Å²) in [6, 6.07) is 13.3. The number of hydrogen-bond acceptors (Lipinski definition) is 10. The molecular formula is C30H29ClFN5O4S2. The largest absolute Gasteiger partial charge is 0.487 e. The molecule has 5 rings (SSSR count). The number of sulfone groups is 1. The van der Waals surface area contributed by atoms with Crippen LogP contribution in [0.3, 0.4) is 0 Å². The smallest absolute Gasteiger partial charge is 0.152 e. The van der Waals surface area contributed by atoms with E-state index in [0.717, 1.165) is 10.4 Å². The fourth-order valence-electron chi connectivity index (χ4n) is 4.20. The molecule has 1 N–H and O–H groups in total. The Hall–Kier alpha value is -3.71. The molecule has 0 aliphatic rings. The topological polar surface area (TPSA) is 116 Å². The monoisotopic (exact) mass is 641 g/mol. The Morgan fingerprint density at radius 1 is 1.07 bits per heavy atom. The summed E-state index contributed by atoms with van der Waals surface area (Å²) in [6.45, 7) is 3.90. The van der Waals surface area contributed by atoms with Crippen molar-refractivity contribution in [1.29, 1.82) is 0 Å². The average molecular weight is 642 g/mol. The molecule has 2 aromatic carbocycles. The van der Waals surface area contributed by atoms with Crippen LogP contribution in [0.2, 0.25) is 5.02 Å². The number of halogens is 2. The number of hydrogen-bond donors (Lipinski definition) is 1. The van der Waals surface area contributed by atoms with E-state index in [0.29, 0.717) is 51.2 Å². The Bertz CT molecular complexity index is 1840. The van der Waals surface area contributed by atoms with E-state index in [9.17, 15) is 12.8 Å². The van der Waals surface area contributed by atoms with Crippen LogP contribution in [0.15, 0.2) is 66.4 Å². The fourth-order valence-corrected chi connectivity index (χ4v) is 6.01. The Morgan fingerprint density at radius 2 is 1.93 bits per heavy atom. The van der Waals surface area contributed by atoms with Gasteiger partial charge in [-0.3, -0.25) is 4.98 Å². The van der Waals surface area contributed by atoms with E-state index in [4.69, 9.17) is 26.1 Å². The molecule has 13 heteroatoms. The van der Waals surface area contributed by atoms with Crippen LogP contribution in [0.25, 0.3) is 22.3 Å². The second-order valence-electron chi connectivity index (χ2n) is 9.57. The molecule has 0 aliphatic heterocycles. The third-order valence-electron chi connectivity index (χ3n) is 6.58. The van der Waals surface area contributed by atoms with Gasteiger partial charge in [-0.05, 0) is 48.4 Å². The van der Waals surface area contributed by atoms with Crippen LogP contribution in [-0.4, -0.2) is 46.5 Å². The zero-order chi connectivity index (χ0) is 30.4. The van der Waals surface area contributed by atoms with E-state index < -0.39 is 9.84 Å². The lowest BCUT2D eigenvalue weighted by molar-refractivity contribution is 0.0609. The molecule has 0 radical (unpaired) electrons. The number of benzene rings is 2. The number of nitrogens with one attached hydrogen (secondary N) is 1. The van der Waals surface area contributed by atoms with Crippen LogP contribution in [0.1, 0.15) is 36.9 Å². The van der Waals surface area contributed by atoms with Gasteiger partial charge in [0.1, 0.15) is 41.4 Å². The molecule has 0 saturated carbocycles. The number of fused-ring (bicyclic) bond motifs is 1. The lowest BCUT2D eigenvalue weighted by atomic mass is 10.2. The Labute approximate surface area is 258 Å². The van der Waals surface area contributed by atoms with Gasteiger partial charge in [-0.15, -0.1) is 11.3 Å². The van der Waals surface area contributed by atoms with E-state index >= 15 is 0 Å². The first kappa shape index (κ1) is 30.7. The van der Waals surface area contributed by atoms with Crippen molar-refractivity contribution < 1.29 is 22.3 Å². The maximum absolute atomic E-state index is 13.5. The van der Waals surface area contributed by atoms with Crippen LogP contribution < -0.4 is 10.1 Å². The van der Waals surface area contributed by atoms with Gasteiger partial charge in [-0.2, -0.15) is 0 Å². The summed E-state index contributed by atoms with van der Waals surface area (Å²) in [7, 11) is -3.10. The minimum atomic E-state index is -3.10. The summed E-state index contributed by atoms with van der Waals surface area (Å²) in [5.41, 5.74) is 3.33. The molecular weight excluding hydrogens is 613 g/mol. The lowest BCUT2D eigenvalue weighted by Crippen LogP contribution is -2.16. The predicted octanol–water partition coefficient (Wildman–Crippen LogP) is 7.17. The summed E-state index contributed by atoms with van der Waals surface area (Å²) in [4.78, 5) is 18.1. The normalized spacial score (nSPS) is 12.4. The van der Waals surface area contributed by atoms with E-state index in [2.05, 4.69) is 20.3 Å². The number of anilines is 2. The summed E-state index contributed by atoms with van der Waals surface area (Å²) < 4.78 is 48.8. The molecule has 0 aliphatic carbocycles. The number of rotatable bonds is 13. The van der Waals surface area contributed by atoms with E-state index in [1.165, 1.54) is 29.8 Å². The molecule has 3 heterocycles. The van der Waals surface area contributed by atoms with Gasteiger partial charge in [0.25, 0.3) is 0 Å². The highest BCUT2D eigenvalue weighted by molar-refractivity contribution is 7.91. The SMILES string of the molecule is CCC(OCCS(=O)(=O)CC)c1nc(-c2cc3c(Nc4ccc(OCc5cccc(F)c5)c(Cl)c4)ncnc3cn2)cs1. The van der Waals surface area contributed by atoms with Crippen LogP contribution in [-0.2, 0) is 21.2 Å². The van der Waals surface area contributed by atoms with Gasteiger partial charge in [0.05, 0.1) is 40.5 Å². The molecule has 3 aromatic heterocycles. The van der Waals surface area contributed by atoms with Gasteiger partial charge in [0, 0.05) is 22.2 Å². The molecule has 0 spiro atoms. The average Bonchev–Trinajstić information content (AvgIpc) is 3.49. The predicted molar refractivity (Wildman–Crippen MR) is 167 cm³/mol. The first-order chi connectivity index (χ1) is 20.7. The van der Waals surface area contributed by atoms with Crippen molar-refractivity contribution in [1.82, 2.24) is 19.9 Å². The van der Waals surface area contributed by atoms with Crippen LogP contribution in [0.5, 0.6) is 5.75 Å². The zero-order valence-electron chi connectivity index (χ0n) is 23.5. The minimum absolute atomic E-state index is 0.0177. The van der Waals surface area contributed by atoms with E-state index in [-0.39, 0.29) is 36.6 Å².